The van der Waals surface area contributed by atoms with Gasteiger partial charge in [-0.3, -0.25) is 0 Å². The minimum atomic E-state index is -0.0781. The molecule has 0 heterocycles. The molecule has 3 nitrogen and oxygen atoms in total. The number of nitrogens with zero attached hydrogens (tertiary/aromatic N) is 3. The van der Waals surface area contributed by atoms with Crippen LogP contribution in [0.5, 0.6) is 0 Å². The van der Waals surface area contributed by atoms with Crippen molar-refractivity contribution in [2.75, 3.05) is 0 Å². The molecule has 1 aromatic rings. The molecule has 0 amide bonds. The molecule has 0 saturated carbocycles. The van der Waals surface area contributed by atoms with Gasteiger partial charge < -0.3 is 0 Å². The van der Waals surface area contributed by atoms with Gasteiger partial charge in [0.2, 0.25) is 0 Å². The molecule has 0 aliphatic carbocycles. The second kappa shape index (κ2) is 3.97. The molecule has 0 radical (unpaired) electrons. The fourth-order valence-corrected chi connectivity index (χ4v) is 1.43. The van der Waals surface area contributed by atoms with E-state index in [1.54, 1.807) is 0 Å². The van der Waals surface area contributed by atoms with Gasteiger partial charge in [0.25, 0.3) is 0 Å². The monoisotopic (exact) mass is 175 g/mol. The SMILES string of the molecule is Cc1ccc([C@@H](C)N=[N+]=[N-])c(C)c1. The second-order valence-corrected chi connectivity index (χ2v) is 3.24. The first-order valence-corrected chi connectivity index (χ1v) is 4.26. The summed E-state index contributed by atoms with van der Waals surface area (Å²) in [7, 11) is 0. The van der Waals surface area contributed by atoms with E-state index >= 15 is 0 Å². The topological polar surface area (TPSA) is 48.8 Å². The molecule has 0 saturated heterocycles. The molecule has 13 heavy (non-hydrogen) atoms. The number of hydrogen-bond donors (Lipinski definition) is 0. The van der Waals surface area contributed by atoms with Crippen LogP contribution in [-0.4, -0.2) is 0 Å². The normalized spacial score (nSPS) is 11.9. The number of benzene rings is 1. The summed E-state index contributed by atoms with van der Waals surface area (Å²) in [6.45, 7) is 5.98. The Balaban J connectivity index is 3.08. The molecule has 1 atom stereocenters. The fraction of sp³-hybridized carbons (Fsp3) is 0.400. The quantitative estimate of drug-likeness (QED) is 0.374. The van der Waals surface area contributed by atoms with Crippen LogP contribution in [0.1, 0.15) is 29.7 Å². The van der Waals surface area contributed by atoms with Gasteiger partial charge in [0.05, 0.1) is 6.04 Å². The summed E-state index contributed by atoms with van der Waals surface area (Å²) in [5.41, 5.74) is 11.8. The first-order chi connectivity index (χ1) is 6.15. The number of azide groups is 1. The lowest BCUT2D eigenvalue weighted by Gasteiger charge is -2.09. The third-order valence-electron chi connectivity index (χ3n) is 2.10. The summed E-state index contributed by atoms with van der Waals surface area (Å²) < 4.78 is 0. The maximum atomic E-state index is 8.30. The van der Waals surface area contributed by atoms with Gasteiger partial charge in [0.1, 0.15) is 0 Å². The minimum Gasteiger partial charge on any atom is -0.0862 e. The van der Waals surface area contributed by atoms with E-state index in [9.17, 15) is 0 Å². The number of rotatable bonds is 2. The predicted octanol–water partition coefficient (Wildman–Crippen LogP) is 3.67. The van der Waals surface area contributed by atoms with E-state index in [1.165, 1.54) is 11.1 Å². The van der Waals surface area contributed by atoms with Crippen molar-refractivity contribution >= 4 is 0 Å². The number of aryl methyl sites for hydroxylation is 2. The highest BCUT2D eigenvalue weighted by Crippen LogP contribution is 2.21. The molecule has 68 valence electrons. The van der Waals surface area contributed by atoms with Crippen LogP contribution in [0.4, 0.5) is 0 Å². The van der Waals surface area contributed by atoms with E-state index in [2.05, 4.69) is 23.0 Å². The third kappa shape index (κ3) is 2.23. The Bertz CT molecular complexity index is 351. The van der Waals surface area contributed by atoms with Crippen LogP contribution in [0.3, 0.4) is 0 Å². The lowest BCUT2D eigenvalue weighted by molar-refractivity contribution is 0.799. The van der Waals surface area contributed by atoms with Crippen LogP contribution < -0.4 is 0 Å². The van der Waals surface area contributed by atoms with E-state index < -0.39 is 0 Å². The van der Waals surface area contributed by atoms with Gasteiger partial charge in [-0.2, -0.15) is 0 Å². The maximum Gasteiger partial charge on any atom is 0.0599 e. The first-order valence-electron chi connectivity index (χ1n) is 4.26. The van der Waals surface area contributed by atoms with Crippen molar-refractivity contribution in [1.82, 2.24) is 0 Å². The van der Waals surface area contributed by atoms with Gasteiger partial charge in [0, 0.05) is 4.91 Å². The van der Waals surface area contributed by atoms with Crippen molar-refractivity contribution < 1.29 is 0 Å². The van der Waals surface area contributed by atoms with E-state index in [-0.39, 0.29) is 6.04 Å². The second-order valence-electron chi connectivity index (χ2n) is 3.24. The van der Waals surface area contributed by atoms with Gasteiger partial charge in [-0.25, -0.2) is 0 Å². The van der Waals surface area contributed by atoms with Crippen LogP contribution >= 0.6 is 0 Å². The lowest BCUT2D eigenvalue weighted by atomic mass is 10.0. The molecule has 3 heteroatoms. The Kier molecular flexibility index (Phi) is 2.93. The molecule has 0 fully saturated rings. The average molecular weight is 175 g/mol. The molecule has 0 N–H and O–H groups in total. The maximum absolute atomic E-state index is 8.30. The molecule has 0 aliphatic rings. The molecule has 1 aromatic carbocycles. The Labute approximate surface area is 78.0 Å². The van der Waals surface area contributed by atoms with Gasteiger partial charge in [-0.1, -0.05) is 35.8 Å². The minimum absolute atomic E-state index is 0.0781. The Morgan fingerprint density at radius 3 is 2.62 bits per heavy atom. The molecular formula is C10H13N3. The van der Waals surface area contributed by atoms with Crippen LogP contribution in [0.2, 0.25) is 0 Å². The summed E-state index contributed by atoms with van der Waals surface area (Å²) in [6.07, 6.45) is 0. The van der Waals surface area contributed by atoms with Crippen LogP contribution in [-0.2, 0) is 0 Å². The highest BCUT2D eigenvalue weighted by Gasteiger charge is 2.05. The zero-order chi connectivity index (χ0) is 9.84. The van der Waals surface area contributed by atoms with E-state index in [1.807, 2.05) is 26.0 Å². The van der Waals surface area contributed by atoms with Gasteiger partial charge in [-0.05, 0) is 30.5 Å². The van der Waals surface area contributed by atoms with Gasteiger partial charge >= 0.3 is 0 Å². The Morgan fingerprint density at radius 1 is 1.38 bits per heavy atom. The van der Waals surface area contributed by atoms with E-state index in [0.717, 1.165) is 5.56 Å². The van der Waals surface area contributed by atoms with Crippen LogP contribution in [0, 0.1) is 13.8 Å². The van der Waals surface area contributed by atoms with Crippen molar-refractivity contribution in [2.24, 2.45) is 5.11 Å². The molecular weight excluding hydrogens is 162 g/mol. The van der Waals surface area contributed by atoms with Gasteiger partial charge in [0.15, 0.2) is 0 Å². The highest BCUT2D eigenvalue weighted by molar-refractivity contribution is 5.32. The standard InChI is InChI=1S/C10H13N3/c1-7-4-5-10(8(2)6-7)9(3)12-13-11/h4-6,9H,1-3H3/t9-/m1/s1. The zero-order valence-electron chi connectivity index (χ0n) is 8.15. The van der Waals surface area contributed by atoms with Crippen LogP contribution in [0.25, 0.3) is 10.4 Å². The molecule has 0 spiro atoms. The van der Waals surface area contributed by atoms with Crippen molar-refractivity contribution in [3.63, 3.8) is 0 Å². The van der Waals surface area contributed by atoms with Crippen molar-refractivity contribution in [2.45, 2.75) is 26.8 Å². The third-order valence-corrected chi connectivity index (χ3v) is 2.10. The summed E-state index contributed by atoms with van der Waals surface area (Å²) in [4.78, 5) is 2.80. The number of hydrogen-bond acceptors (Lipinski definition) is 1. The fourth-order valence-electron chi connectivity index (χ4n) is 1.43. The van der Waals surface area contributed by atoms with Crippen molar-refractivity contribution in [3.8, 4) is 0 Å². The van der Waals surface area contributed by atoms with E-state index in [0.29, 0.717) is 0 Å². The molecule has 0 unspecified atom stereocenters. The lowest BCUT2D eigenvalue weighted by Crippen LogP contribution is -1.92. The largest absolute Gasteiger partial charge is 0.0862 e. The Morgan fingerprint density at radius 2 is 2.08 bits per heavy atom. The summed E-state index contributed by atoms with van der Waals surface area (Å²) in [5, 5.41) is 3.67. The van der Waals surface area contributed by atoms with Crippen LogP contribution in [0.15, 0.2) is 23.3 Å². The summed E-state index contributed by atoms with van der Waals surface area (Å²) >= 11 is 0. The van der Waals surface area contributed by atoms with Gasteiger partial charge in [-0.15, -0.1) is 0 Å². The zero-order valence-corrected chi connectivity index (χ0v) is 8.15. The van der Waals surface area contributed by atoms with Crippen molar-refractivity contribution in [3.05, 3.63) is 45.3 Å². The summed E-state index contributed by atoms with van der Waals surface area (Å²) in [5.74, 6) is 0. The average Bonchev–Trinajstić information content (AvgIpc) is 2.04. The smallest absolute Gasteiger partial charge is 0.0599 e. The highest BCUT2D eigenvalue weighted by atomic mass is 15.1. The predicted molar refractivity (Wildman–Crippen MR) is 53.5 cm³/mol. The van der Waals surface area contributed by atoms with E-state index in [4.69, 9.17) is 5.53 Å². The molecule has 0 aromatic heterocycles. The molecule has 0 bridgehead atoms. The molecule has 1 rings (SSSR count). The Hall–Kier alpha value is -1.47. The summed E-state index contributed by atoms with van der Waals surface area (Å²) in [6, 6.07) is 6.07. The molecule has 0 aliphatic heterocycles. The van der Waals surface area contributed by atoms with Crippen molar-refractivity contribution in [1.29, 1.82) is 0 Å². The first kappa shape index (κ1) is 9.62.